The molecule has 0 aromatic heterocycles. The first-order valence-electron chi connectivity index (χ1n) is 5.69. The lowest BCUT2D eigenvalue weighted by Crippen LogP contribution is -2.18. The quantitative estimate of drug-likeness (QED) is 0.775. The van der Waals surface area contributed by atoms with Gasteiger partial charge >= 0.3 is 0 Å². The summed E-state index contributed by atoms with van der Waals surface area (Å²) >= 11 is 0. The van der Waals surface area contributed by atoms with E-state index in [4.69, 9.17) is 10.5 Å². The Morgan fingerprint density at radius 1 is 1.53 bits per heavy atom. The molecule has 1 atom stereocenters. The Bertz CT molecular complexity index is 389. The number of methoxy groups -OCH3 is 1. The minimum absolute atomic E-state index is 0.0799. The van der Waals surface area contributed by atoms with Crippen molar-refractivity contribution in [2.75, 3.05) is 13.7 Å². The Balaban J connectivity index is 2.89. The van der Waals surface area contributed by atoms with E-state index in [0.29, 0.717) is 6.54 Å². The molecule has 17 heavy (non-hydrogen) atoms. The van der Waals surface area contributed by atoms with Crippen LogP contribution in [0.4, 0.5) is 4.39 Å². The van der Waals surface area contributed by atoms with Crippen molar-refractivity contribution in [2.45, 2.75) is 19.8 Å². The number of carbonyl (C=O) groups excluding carboxylic acids is 1. The van der Waals surface area contributed by atoms with Crippen LogP contribution in [0.15, 0.2) is 18.2 Å². The Labute approximate surface area is 101 Å². The Morgan fingerprint density at radius 3 is 2.76 bits per heavy atom. The standard InChI is InChI=1S/C13H18FNO2/c1-3-9(8-15)7-11(16)10-5-4-6-12(17-2)13(10)14/h4-6,9H,3,7-8,15H2,1-2H3. The van der Waals surface area contributed by atoms with E-state index >= 15 is 0 Å². The van der Waals surface area contributed by atoms with Crippen LogP contribution in [0.5, 0.6) is 5.75 Å². The van der Waals surface area contributed by atoms with Gasteiger partial charge in [0.05, 0.1) is 12.7 Å². The maximum absolute atomic E-state index is 13.8. The van der Waals surface area contributed by atoms with Crippen LogP contribution in [0.2, 0.25) is 0 Å². The molecule has 0 fully saturated rings. The molecular weight excluding hydrogens is 221 g/mol. The molecule has 0 aliphatic rings. The van der Waals surface area contributed by atoms with Crippen molar-refractivity contribution >= 4 is 5.78 Å². The van der Waals surface area contributed by atoms with E-state index in [2.05, 4.69) is 0 Å². The van der Waals surface area contributed by atoms with Gasteiger partial charge in [0.1, 0.15) is 0 Å². The van der Waals surface area contributed by atoms with Crippen molar-refractivity contribution in [2.24, 2.45) is 11.7 Å². The fraction of sp³-hybridized carbons (Fsp3) is 0.462. The first kappa shape index (κ1) is 13.6. The summed E-state index contributed by atoms with van der Waals surface area (Å²) in [5.41, 5.74) is 5.61. The number of Topliss-reactive ketones (excluding diaryl/α,β-unsaturated/α-hetero) is 1. The second-order valence-corrected chi connectivity index (χ2v) is 3.96. The van der Waals surface area contributed by atoms with Crippen LogP contribution in [0.25, 0.3) is 0 Å². The van der Waals surface area contributed by atoms with Crippen LogP contribution in [0, 0.1) is 11.7 Å². The minimum Gasteiger partial charge on any atom is -0.494 e. The molecular formula is C13H18FNO2. The molecule has 0 saturated heterocycles. The van der Waals surface area contributed by atoms with Gasteiger partial charge in [-0.15, -0.1) is 0 Å². The zero-order chi connectivity index (χ0) is 12.8. The number of rotatable bonds is 6. The van der Waals surface area contributed by atoms with Gasteiger partial charge in [0.25, 0.3) is 0 Å². The summed E-state index contributed by atoms with van der Waals surface area (Å²) in [5, 5.41) is 0. The van der Waals surface area contributed by atoms with E-state index in [1.54, 1.807) is 6.07 Å². The smallest absolute Gasteiger partial charge is 0.175 e. The summed E-state index contributed by atoms with van der Waals surface area (Å²) in [6.07, 6.45) is 1.09. The van der Waals surface area contributed by atoms with E-state index in [1.807, 2.05) is 6.92 Å². The van der Waals surface area contributed by atoms with E-state index in [9.17, 15) is 9.18 Å². The molecule has 2 N–H and O–H groups in total. The monoisotopic (exact) mass is 239 g/mol. The van der Waals surface area contributed by atoms with Gasteiger partial charge in [0, 0.05) is 6.42 Å². The van der Waals surface area contributed by atoms with Crippen molar-refractivity contribution in [1.29, 1.82) is 0 Å². The van der Waals surface area contributed by atoms with Crippen molar-refractivity contribution in [3.8, 4) is 5.75 Å². The molecule has 0 spiro atoms. The van der Waals surface area contributed by atoms with E-state index in [1.165, 1.54) is 19.2 Å². The third-order valence-electron chi connectivity index (χ3n) is 2.87. The summed E-state index contributed by atoms with van der Waals surface area (Å²) in [5.74, 6) is -0.615. The number of hydrogen-bond acceptors (Lipinski definition) is 3. The summed E-state index contributed by atoms with van der Waals surface area (Å²) in [7, 11) is 1.38. The van der Waals surface area contributed by atoms with Gasteiger partial charge in [0.2, 0.25) is 0 Å². The van der Waals surface area contributed by atoms with Gasteiger partial charge in [0.15, 0.2) is 17.3 Å². The SMILES string of the molecule is CCC(CN)CC(=O)c1cccc(OC)c1F. The van der Waals surface area contributed by atoms with Crippen LogP contribution < -0.4 is 10.5 Å². The molecule has 0 amide bonds. The van der Waals surface area contributed by atoms with Crippen molar-refractivity contribution in [3.63, 3.8) is 0 Å². The zero-order valence-corrected chi connectivity index (χ0v) is 10.2. The molecule has 0 aliphatic heterocycles. The number of benzene rings is 1. The molecule has 0 heterocycles. The fourth-order valence-electron chi connectivity index (χ4n) is 1.65. The van der Waals surface area contributed by atoms with Crippen LogP contribution in [-0.2, 0) is 0 Å². The average Bonchev–Trinajstić information content (AvgIpc) is 2.35. The maximum Gasteiger partial charge on any atom is 0.175 e. The summed E-state index contributed by atoms with van der Waals surface area (Å²) < 4.78 is 18.6. The van der Waals surface area contributed by atoms with Gasteiger partial charge in [-0.05, 0) is 24.6 Å². The number of carbonyl (C=O) groups is 1. The lowest BCUT2D eigenvalue weighted by molar-refractivity contribution is 0.0956. The molecule has 0 aliphatic carbocycles. The highest BCUT2D eigenvalue weighted by Crippen LogP contribution is 2.22. The molecule has 0 radical (unpaired) electrons. The molecule has 1 aromatic carbocycles. The normalized spacial score (nSPS) is 12.2. The van der Waals surface area contributed by atoms with E-state index in [-0.39, 0.29) is 29.4 Å². The van der Waals surface area contributed by atoms with Crippen LogP contribution in [0.1, 0.15) is 30.1 Å². The second kappa shape index (κ2) is 6.35. The first-order valence-corrected chi connectivity index (χ1v) is 5.69. The number of hydrogen-bond donors (Lipinski definition) is 1. The number of ketones is 1. The molecule has 4 heteroatoms. The molecule has 1 aromatic rings. The van der Waals surface area contributed by atoms with Crippen molar-refractivity contribution in [1.82, 2.24) is 0 Å². The highest BCUT2D eigenvalue weighted by Gasteiger charge is 2.18. The second-order valence-electron chi connectivity index (χ2n) is 3.96. The molecule has 0 bridgehead atoms. The van der Waals surface area contributed by atoms with E-state index < -0.39 is 5.82 Å². The fourth-order valence-corrected chi connectivity index (χ4v) is 1.65. The van der Waals surface area contributed by atoms with Gasteiger partial charge in [-0.25, -0.2) is 4.39 Å². The molecule has 1 rings (SSSR count). The van der Waals surface area contributed by atoms with Gasteiger partial charge in [-0.1, -0.05) is 19.4 Å². The highest BCUT2D eigenvalue weighted by atomic mass is 19.1. The van der Waals surface area contributed by atoms with Crippen molar-refractivity contribution in [3.05, 3.63) is 29.6 Å². The van der Waals surface area contributed by atoms with Crippen LogP contribution in [0.3, 0.4) is 0 Å². The van der Waals surface area contributed by atoms with Crippen LogP contribution in [-0.4, -0.2) is 19.4 Å². The number of halogens is 1. The Hall–Kier alpha value is -1.42. The zero-order valence-electron chi connectivity index (χ0n) is 10.2. The largest absolute Gasteiger partial charge is 0.494 e. The molecule has 1 unspecified atom stereocenters. The summed E-state index contributed by atoms with van der Waals surface area (Å²) in [6.45, 7) is 2.40. The third-order valence-corrected chi connectivity index (χ3v) is 2.87. The van der Waals surface area contributed by atoms with Crippen LogP contribution >= 0.6 is 0 Å². The first-order chi connectivity index (χ1) is 8.13. The topological polar surface area (TPSA) is 52.3 Å². The Kier molecular flexibility index (Phi) is 5.10. The van der Waals surface area contributed by atoms with Gasteiger partial charge in [-0.2, -0.15) is 0 Å². The number of ether oxygens (including phenoxy) is 1. The molecule has 94 valence electrons. The predicted molar refractivity (Wildman–Crippen MR) is 64.7 cm³/mol. The third kappa shape index (κ3) is 3.27. The lowest BCUT2D eigenvalue weighted by atomic mass is 9.96. The van der Waals surface area contributed by atoms with Gasteiger partial charge in [-0.3, -0.25) is 4.79 Å². The summed E-state index contributed by atoms with van der Waals surface area (Å²) in [4.78, 5) is 11.9. The average molecular weight is 239 g/mol. The highest BCUT2D eigenvalue weighted by molar-refractivity contribution is 5.96. The minimum atomic E-state index is -0.591. The Morgan fingerprint density at radius 2 is 2.24 bits per heavy atom. The lowest BCUT2D eigenvalue weighted by Gasteiger charge is -2.12. The summed E-state index contributed by atoms with van der Waals surface area (Å²) in [6, 6.07) is 4.58. The number of nitrogens with two attached hydrogens (primary N) is 1. The predicted octanol–water partition coefficient (Wildman–Crippen LogP) is 2.39. The van der Waals surface area contributed by atoms with E-state index in [0.717, 1.165) is 6.42 Å². The molecule has 0 saturated carbocycles. The van der Waals surface area contributed by atoms with Gasteiger partial charge < -0.3 is 10.5 Å². The molecule has 3 nitrogen and oxygen atoms in total. The van der Waals surface area contributed by atoms with Crippen molar-refractivity contribution < 1.29 is 13.9 Å². The maximum atomic E-state index is 13.8.